The Morgan fingerprint density at radius 1 is 1.06 bits per heavy atom. The summed E-state index contributed by atoms with van der Waals surface area (Å²) >= 11 is 0. The topological polar surface area (TPSA) is 112 Å². The van der Waals surface area contributed by atoms with Crippen LogP contribution in [0.2, 0.25) is 0 Å². The Morgan fingerprint density at radius 2 is 1.73 bits per heavy atom. The lowest BCUT2D eigenvalue weighted by Gasteiger charge is -2.37. The van der Waals surface area contributed by atoms with Crippen molar-refractivity contribution in [3.63, 3.8) is 0 Å². The van der Waals surface area contributed by atoms with Gasteiger partial charge in [-0.05, 0) is 43.2 Å². The molecular formula is C23H32N4O5S. The van der Waals surface area contributed by atoms with Gasteiger partial charge in [-0.3, -0.25) is 14.5 Å². The first-order valence-electron chi connectivity index (χ1n) is 11.3. The fourth-order valence-electron chi connectivity index (χ4n) is 3.66. The molecule has 0 spiro atoms. The van der Waals surface area contributed by atoms with Crippen LogP contribution in [-0.4, -0.2) is 63.0 Å². The number of pyridine rings is 1. The van der Waals surface area contributed by atoms with Gasteiger partial charge in [0.2, 0.25) is 10.0 Å². The molecule has 1 aromatic heterocycles. The van der Waals surface area contributed by atoms with E-state index in [0.29, 0.717) is 24.3 Å². The van der Waals surface area contributed by atoms with Crippen LogP contribution in [0.5, 0.6) is 5.75 Å². The third-order valence-electron chi connectivity index (χ3n) is 5.46. The minimum Gasteiger partial charge on any atom is -0.491 e. The number of aromatic nitrogens is 1. The molecule has 0 aliphatic carbocycles. The molecule has 0 amide bonds. The Balaban J connectivity index is 1.72. The minimum atomic E-state index is -3.51. The van der Waals surface area contributed by atoms with E-state index in [-0.39, 0.29) is 18.8 Å². The Morgan fingerprint density at radius 3 is 2.36 bits per heavy atom. The fourth-order valence-corrected chi connectivity index (χ4v) is 4.92. The molecule has 1 fully saturated rings. The zero-order valence-electron chi connectivity index (χ0n) is 18.9. The van der Waals surface area contributed by atoms with Crippen molar-refractivity contribution in [1.29, 1.82) is 0 Å². The summed E-state index contributed by atoms with van der Waals surface area (Å²) in [6.45, 7) is 5.41. The molecular weight excluding hydrogens is 444 g/mol. The van der Waals surface area contributed by atoms with Crippen LogP contribution in [0.4, 0.5) is 17.1 Å². The molecule has 180 valence electrons. The second-order valence-electron chi connectivity index (χ2n) is 7.98. The van der Waals surface area contributed by atoms with E-state index in [9.17, 15) is 13.2 Å². The monoisotopic (exact) mass is 476 g/mol. The van der Waals surface area contributed by atoms with E-state index in [0.717, 1.165) is 44.0 Å². The summed E-state index contributed by atoms with van der Waals surface area (Å²) in [7, 11) is -3.51. The standard InChI is InChI=1S/C23H32N4O5S/c1-2-3-17-33(30,31)25-21-18-20(6-7-22(21)32-16-4-5-23(28)29)27-14-12-26(13-15-27)19-8-10-24-11-9-19/h6-11,18,25H,2-5,12-17H2,1H3,(H,28,29). The molecule has 1 aliphatic heterocycles. The molecule has 2 N–H and O–H groups in total. The van der Waals surface area contributed by atoms with Gasteiger partial charge in [0.05, 0.1) is 18.0 Å². The van der Waals surface area contributed by atoms with Gasteiger partial charge >= 0.3 is 5.97 Å². The molecule has 0 atom stereocenters. The average molecular weight is 477 g/mol. The SMILES string of the molecule is CCCCS(=O)(=O)Nc1cc(N2CCN(c3ccncc3)CC2)ccc1OCCCC(=O)O. The predicted octanol–water partition coefficient (Wildman–Crippen LogP) is 3.19. The summed E-state index contributed by atoms with van der Waals surface area (Å²) in [5.41, 5.74) is 2.44. The van der Waals surface area contributed by atoms with Crippen molar-refractivity contribution in [2.45, 2.75) is 32.6 Å². The number of ether oxygens (including phenoxy) is 1. The lowest BCUT2D eigenvalue weighted by Crippen LogP contribution is -2.46. The van der Waals surface area contributed by atoms with Crippen LogP contribution >= 0.6 is 0 Å². The number of rotatable bonds is 12. The zero-order valence-corrected chi connectivity index (χ0v) is 19.8. The van der Waals surface area contributed by atoms with Crippen molar-refractivity contribution in [3.8, 4) is 5.75 Å². The quantitative estimate of drug-likeness (QED) is 0.449. The van der Waals surface area contributed by atoms with Crippen LogP contribution in [0.25, 0.3) is 0 Å². The molecule has 1 aliphatic rings. The van der Waals surface area contributed by atoms with E-state index < -0.39 is 16.0 Å². The smallest absolute Gasteiger partial charge is 0.303 e. The summed E-state index contributed by atoms with van der Waals surface area (Å²) in [6, 6.07) is 9.46. The molecule has 3 rings (SSSR count). The lowest BCUT2D eigenvalue weighted by molar-refractivity contribution is -0.137. The molecule has 0 unspecified atom stereocenters. The maximum atomic E-state index is 12.5. The molecule has 2 heterocycles. The van der Waals surface area contributed by atoms with Gasteiger partial charge in [-0.1, -0.05) is 13.3 Å². The molecule has 9 nitrogen and oxygen atoms in total. The number of nitrogens with zero attached hydrogens (tertiary/aromatic N) is 3. The largest absolute Gasteiger partial charge is 0.491 e. The normalized spacial score (nSPS) is 14.2. The number of benzene rings is 1. The van der Waals surface area contributed by atoms with Crippen LogP contribution in [0, 0.1) is 0 Å². The number of nitrogens with one attached hydrogen (secondary N) is 1. The first-order valence-corrected chi connectivity index (χ1v) is 12.9. The van der Waals surface area contributed by atoms with Gasteiger partial charge < -0.3 is 19.6 Å². The number of carbonyl (C=O) groups is 1. The highest BCUT2D eigenvalue weighted by Crippen LogP contribution is 2.32. The van der Waals surface area contributed by atoms with Crippen molar-refractivity contribution >= 4 is 33.1 Å². The van der Waals surface area contributed by atoms with Crippen LogP contribution in [-0.2, 0) is 14.8 Å². The summed E-state index contributed by atoms with van der Waals surface area (Å²) < 4.78 is 33.5. The lowest BCUT2D eigenvalue weighted by atomic mass is 10.2. The van der Waals surface area contributed by atoms with E-state index in [2.05, 4.69) is 19.5 Å². The Hall–Kier alpha value is -3.01. The van der Waals surface area contributed by atoms with Gasteiger partial charge in [0.1, 0.15) is 5.75 Å². The Bertz CT molecular complexity index is 1010. The van der Waals surface area contributed by atoms with E-state index in [1.165, 1.54) is 0 Å². The second-order valence-corrected chi connectivity index (χ2v) is 9.82. The van der Waals surface area contributed by atoms with Gasteiger partial charge in [0, 0.05) is 56.4 Å². The number of carboxylic acid groups (broad SMARTS) is 1. The molecule has 0 saturated carbocycles. The Kier molecular flexibility index (Phi) is 8.76. The van der Waals surface area contributed by atoms with Gasteiger partial charge in [-0.15, -0.1) is 0 Å². The van der Waals surface area contributed by atoms with Gasteiger partial charge in [0.25, 0.3) is 0 Å². The number of hydrogen-bond acceptors (Lipinski definition) is 7. The average Bonchev–Trinajstić information content (AvgIpc) is 2.81. The molecule has 0 bridgehead atoms. The Labute approximate surface area is 195 Å². The van der Waals surface area contributed by atoms with E-state index in [1.54, 1.807) is 24.5 Å². The number of hydrogen-bond donors (Lipinski definition) is 2. The highest BCUT2D eigenvalue weighted by Gasteiger charge is 2.20. The number of piperazine rings is 1. The molecule has 10 heteroatoms. The molecule has 33 heavy (non-hydrogen) atoms. The zero-order chi connectivity index (χ0) is 23.7. The maximum Gasteiger partial charge on any atom is 0.303 e. The third-order valence-corrected chi connectivity index (χ3v) is 6.82. The van der Waals surface area contributed by atoms with E-state index in [4.69, 9.17) is 9.84 Å². The first-order chi connectivity index (χ1) is 15.9. The van der Waals surface area contributed by atoms with Gasteiger partial charge in [0.15, 0.2) is 0 Å². The molecule has 2 aromatic rings. The molecule has 0 radical (unpaired) electrons. The fraction of sp³-hybridized carbons (Fsp3) is 0.478. The minimum absolute atomic E-state index is 0.00258. The van der Waals surface area contributed by atoms with E-state index >= 15 is 0 Å². The molecule has 1 saturated heterocycles. The summed E-state index contributed by atoms with van der Waals surface area (Å²) in [4.78, 5) is 19.3. The maximum absolute atomic E-state index is 12.5. The van der Waals surface area contributed by atoms with Crippen molar-refractivity contribution < 1.29 is 23.1 Å². The van der Waals surface area contributed by atoms with Crippen molar-refractivity contribution in [1.82, 2.24) is 4.98 Å². The second kappa shape index (κ2) is 11.7. The molecule has 1 aromatic carbocycles. The van der Waals surface area contributed by atoms with Crippen molar-refractivity contribution in [2.24, 2.45) is 0 Å². The third kappa shape index (κ3) is 7.52. The van der Waals surface area contributed by atoms with E-state index in [1.807, 2.05) is 25.1 Å². The number of unbranched alkanes of at least 4 members (excludes halogenated alkanes) is 1. The number of sulfonamides is 1. The number of anilines is 3. The number of carboxylic acids is 1. The van der Waals surface area contributed by atoms with Crippen LogP contribution in [0.1, 0.15) is 32.6 Å². The summed E-state index contributed by atoms with van der Waals surface area (Å²) in [5.74, 6) is -0.448. The highest BCUT2D eigenvalue weighted by molar-refractivity contribution is 7.92. The first kappa shape index (κ1) is 24.6. The van der Waals surface area contributed by atoms with Gasteiger partial charge in [-0.25, -0.2) is 8.42 Å². The van der Waals surface area contributed by atoms with Crippen LogP contribution in [0.15, 0.2) is 42.7 Å². The predicted molar refractivity (Wildman–Crippen MR) is 130 cm³/mol. The summed E-state index contributed by atoms with van der Waals surface area (Å²) in [6.07, 6.45) is 5.26. The van der Waals surface area contributed by atoms with Gasteiger partial charge in [-0.2, -0.15) is 0 Å². The van der Waals surface area contributed by atoms with Crippen molar-refractivity contribution in [2.75, 3.05) is 53.1 Å². The van der Waals surface area contributed by atoms with Crippen LogP contribution in [0.3, 0.4) is 0 Å². The number of aliphatic carboxylic acids is 1. The summed E-state index contributed by atoms with van der Waals surface area (Å²) in [5, 5.41) is 8.81. The van der Waals surface area contributed by atoms with Crippen molar-refractivity contribution in [3.05, 3.63) is 42.7 Å². The highest BCUT2D eigenvalue weighted by atomic mass is 32.2. The van der Waals surface area contributed by atoms with Crippen LogP contribution < -0.4 is 19.3 Å².